The molecule has 1 rings (SSSR count). The van der Waals surface area contributed by atoms with Crippen LogP contribution in [0.25, 0.3) is 0 Å². The van der Waals surface area contributed by atoms with E-state index in [0.29, 0.717) is 11.4 Å². The highest BCUT2D eigenvalue weighted by atomic mass is 35.5. The van der Waals surface area contributed by atoms with Crippen molar-refractivity contribution < 1.29 is 9.13 Å². The smallest absolute Gasteiger partial charge is 0.143 e. The van der Waals surface area contributed by atoms with E-state index >= 15 is 0 Å². The summed E-state index contributed by atoms with van der Waals surface area (Å²) in [6.45, 7) is 1.46. The van der Waals surface area contributed by atoms with E-state index in [2.05, 4.69) is 5.32 Å². The van der Waals surface area contributed by atoms with Gasteiger partial charge in [-0.15, -0.1) is 0 Å². The average molecular weight is 247 g/mol. The Morgan fingerprint density at radius 3 is 2.88 bits per heavy atom. The van der Waals surface area contributed by atoms with Crippen molar-refractivity contribution in [3.8, 4) is 0 Å². The molecule has 0 unspecified atom stereocenters. The van der Waals surface area contributed by atoms with Gasteiger partial charge in [-0.2, -0.15) is 0 Å². The maximum atomic E-state index is 13.1. The highest BCUT2D eigenvalue weighted by Crippen LogP contribution is 2.25. The Morgan fingerprint density at radius 1 is 1.44 bits per heavy atom. The molecule has 3 nitrogen and oxygen atoms in total. The summed E-state index contributed by atoms with van der Waals surface area (Å²) in [7, 11) is 1.67. The fourth-order valence-electron chi connectivity index (χ4n) is 1.31. The number of halogens is 2. The van der Waals surface area contributed by atoms with E-state index in [1.807, 2.05) is 0 Å². The standard InChI is InChI=1S/C11H16ClFN2O/c1-16-5-3-2-4-15-11-7-9(13)8(12)6-10(11)14/h6-7,15H,2-5,14H2,1H3. The lowest BCUT2D eigenvalue weighted by Crippen LogP contribution is -2.05. The van der Waals surface area contributed by atoms with Crippen LogP contribution in [0.5, 0.6) is 0 Å². The first-order chi connectivity index (χ1) is 7.65. The molecule has 16 heavy (non-hydrogen) atoms. The molecule has 5 heteroatoms. The van der Waals surface area contributed by atoms with Crippen LogP contribution in [-0.4, -0.2) is 20.3 Å². The average Bonchev–Trinajstić information content (AvgIpc) is 2.25. The first-order valence-electron chi connectivity index (χ1n) is 5.12. The molecule has 0 heterocycles. The molecule has 0 radical (unpaired) electrons. The van der Waals surface area contributed by atoms with Crippen LogP contribution in [0.3, 0.4) is 0 Å². The van der Waals surface area contributed by atoms with Crippen molar-refractivity contribution in [3.05, 3.63) is 23.0 Å². The maximum absolute atomic E-state index is 13.1. The van der Waals surface area contributed by atoms with Gasteiger partial charge < -0.3 is 15.8 Å². The van der Waals surface area contributed by atoms with Gasteiger partial charge in [0.2, 0.25) is 0 Å². The summed E-state index contributed by atoms with van der Waals surface area (Å²) in [6.07, 6.45) is 1.90. The fourth-order valence-corrected chi connectivity index (χ4v) is 1.48. The molecule has 0 fully saturated rings. The van der Waals surface area contributed by atoms with Gasteiger partial charge in [-0.05, 0) is 18.9 Å². The zero-order chi connectivity index (χ0) is 12.0. The molecule has 90 valence electrons. The van der Waals surface area contributed by atoms with Crippen molar-refractivity contribution in [3.63, 3.8) is 0 Å². The molecule has 0 atom stereocenters. The molecule has 0 aliphatic rings. The van der Waals surface area contributed by atoms with Crippen LogP contribution in [0, 0.1) is 5.82 Å². The number of anilines is 2. The SMILES string of the molecule is COCCCCNc1cc(F)c(Cl)cc1N. The van der Waals surface area contributed by atoms with Crippen LogP contribution in [0.15, 0.2) is 12.1 Å². The summed E-state index contributed by atoms with van der Waals surface area (Å²) in [5, 5.41) is 3.10. The minimum Gasteiger partial charge on any atom is -0.397 e. The molecule has 3 N–H and O–H groups in total. The molecule has 0 aliphatic heterocycles. The molecule has 0 bridgehead atoms. The highest BCUT2D eigenvalue weighted by Gasteiger charge is 2.05. The van der Waals surface area contributed by atoms with Crippen molar-refractivity contribution in [1.82, 2.24) is 0 Å². The van der Waals surface area contributed by atoms with Gasteiger partial charge in [-0.25, -0.2) is 4.39 Å². The predicted octanol–water partition coefficient (Wildman–Crippen LogP) is 2.90. The van der Waals surface area contributed by atoms with E-state index in [0.717, 1.165) is 26.0 Å². The van der Waals surface area contributed by atoms with Gasteiger partial charge in [0, 0.05) is 26.3 Å². The minimum atomic E-state index is -0.463. The summed E-state index contributed by atoms with van der Waals surface area (Å²) in [4.78, 5) is 0. The molecule has 0 aromatic heterocycles. The van der Waals surface area contributed by atoms with Crippen LogP contribution in [0.2, 0.25) is 5.02 Å². The summed E-state index contributed by atoms with van der Waals surface area (Å²) < 4.78 is 18.1. The number of nitrogen functional groups attached to an aromatic ring is 1. The van der Waals surface area contributed by atoms with E-state index < -0.39 is 5.82 Å². The van der Waals surface area contributed by atoms with Crippen LogP contribution >= 0.6 is 11.6 Å². The second kappa shape index (κ2) is 6.55. The number of rotatable bonds is 6. The number of unbranched alkanes of at least 4 members (excludes halogenated alkanes) is 1. The van der Waals surface area contributed by atoms with Gasteiger partial charge >= 0.3 is 0 Å². The van der Waals surface area contributed by atoms with Crippen molar-refractivity contribution in [2.24, 2.45) is 0 Å². The molecule has 1 aromatic rings. The lowest BCUT2D eigenvalue weighted by molar-refractivity contribution is 0.194. The summed E-state index contributed by atoms with van der Waals surface area (Å²) >= 11 is 5.59. The number of nitrogens with two attached hydrogens (primary N) is 1. The molecule has 0 spiro atoms. The summed E-state index contributed by atoms with van der Waals surface area (Å²) in [5.74, 6) is -0.463. The van der Waals surface area contributed by atoms with Gasteiger partial charge in [0.25, 0.3) is 0 Å². The number of hydrogen-bond donors (Lipinski definition) is 2. The van der Waals surface area contributed by atoms with Crippen molar-refractivity contribution >= 4 is 23.0 Å². The molecule has 0 aliphatic carbocycles. The monoisotopic (exact) mass is 246 g/mol. The number of nitrogens with one attached hydrogen (secondary N) is 1. The molecular formula is C11H16ClFN2O. The number of methoxy groups -OCH3 is 1. The molecule has 0 saturated heterocycles. The Morgan fingerprint density at radius 2 is 2.19 bits per heavy atom. The molecule has 0 saturated carbocycles. The lowest BCUT2D eigenvalue weighted by Gasteiger charge is -2.09. The van der Waals surface area contributed by atoms with Crippen molar-refractivity contribution in [2.75, 3.05) is 31.3 Å². The Bertz CT molecular complexity index is 347. The Balaban J connectivity index is 2.45. The second-order valence-electron chi connectivity index (χ2n) is 3.48. The first-order valence-corrected chi connectivity index (χ1v) is 5.50. The lowest BCUT2D eigenvalue weighted by atomic mass is 10.2. The highest BCUT2D eigenvalue weighted by molar-refractivity contribution is 6.31. The topological polar surface area (TPSA) is 47.3 Å². The van der Waals surface area contributed by atoms with Crippen LogP contribution in [0.4, 0.5) is 15.8 Å². The largest absolute Gasteiger partial charge is 0.397 e. The van der Waals surface area contributed by atoms with Crippen LogP contribution in [-0.2, 0) is 4.74 Å². The Labute approximate surface area is 99.7 Å². The van der Waals surface area contributed by atoms with Crippen LogP contribution < -0.4 is 11.1 Å². The van der Waals surface area contributed by atoms with Gasteiger partial charge in [-0.3, -0.25) is 0 Å². The molecule has 0 amide bonds. The zero-order valence-corrected chi connectivity index (χ0v) is 9.98. The quantitative estimate of drug-likeness (QED) is 0.599. The third-order valence-corrected chi connectivity index (χ3v) is 2.47. The van der Waals surface area contributed by atoms with Crippen molar-refractivity contribution in [1.29, 1.82) is 0 Å². The van der Waals surface area contributed by atoms with E-state index in [-0.39, 0.29) is 5.02 Å². The third-order valence-electron chi connectivity index (χ3n) is 2.18. The maximum Gasteiger partial charge on any atom is 0.143 e. The summed E-state index contributed by atoms with van der Waals surface area (Å²) in [5.41, 5.74) is 6.73. The minimum absolute atomic E-state index is 0.0439. The van der Waals surface area contributed by atoms with E-state index in [1.54, 1.807) is 7.11 Å². The zero-order valence-electron chi connectivity index (χ0n) is 9.22. The normalized spacial score (nSPS) is 10.4. The number of ether oxygens (including phenoxy) is 1. The Kier molecular flexibility index (Phi) is 5.35. The van der Waals surface area contributed by atoms with Crippen LogP contribution in [0.1, 0.15) is 12.8 Å². The van der Waals surface area contributed by atoms with Gasteiger partial charge in [-0.1, -0.05) is 11.6 Å². The Hall–Kier alpha value is -1.00. The molecule has 1 aromatic carbocycles. The first kappa shape index (κ1) is 13.1. The van der Waals surface area contributed by atoms with Crippen molar-refractivity contribution in [2.45, 2.75) is 12.8 Å². The van der Waals surface area contributed by atoms with Gasteiger partial charge in [0.15, 0.2) is 0 Å². The van der Waals surface area contributed by atoms with E-state index in [4.69, 9.17) is 22.1 Å². The van der Waals surface area contributed by atoms with Gasteiger partial charge in [0.05, 0.1) is 16.4 Å². The van der Waals surface area contributed by atoms with E-state index in [1.165, 1.54) is 12.1 Å². The third kappa shape index (κ3) is 3.87. The second-order valence-corrected chi connectivity index (χ2v) is 3.89. The van der Waals surface area contributed by atoms with Gasteiger partial charge in [0.1, 0.15) is 5.82 Å². The molecular weight excluding hydrogens is 231 g/mol. The number of hydrogen-bond acceptors (Lipinski definition) is 3. The number of benzene rings is 1. The van der Waals surface area contributed by atoms with E-state index in [9.17, 15) is 4.39 Å². The fraction of sp³-hybridized carbons (Fsp3) is 0.455. The summed E-state index contributed by atoms with van der Waals surface area (Å²) in [6, 6.07) is 2.72. The predicted molar refractivity (Wildman–Crippen MR) is 65.4 cm³/mol.